The van der Waals surface area contributed by atoms with E-state index in [9.17, 15) is 9.59 Å². The van der Waals surface area contributed by atoms with Crippen LogP contribution in [0.3, 0.4) is 0 Å². The predicted molar refractivity (Wildman–Crippen MR) is 118 cm³/mol. The Morgan fingerprint density at radius 3 is 2.33 bits per heavy atom. The van der Waals surface area contributed by atoms with Crippen molar-refractivity contribution >= 4 is 12.3 Å². The summed E-state index contributed by atoms with van der Waals surface area (Å²) in [6, 6.07) is 22.9. The zero-order valence-corrected chi connectivity index (χ0v) is 17.6. The average molecular weight is 402 g/mol. The lowest BCUT2D eigenvalue weighted by molar-refractivity contribution is -0.153. The zero-order chi connectivity index (χ0) is 21.6. The Labute approximate surface area is 177 Å². The third-order valence-electron chi connectivity index (χ3n) is 4.40. The highest BCUT2D eigenvalue weighted by Gasteiger charge is 2.16. The molecule has 0 aromatic heterocycles. The van der Waals surface area contributed by atoms with E-state index in [1.165, 1.54) is 0 Å². The Balaban J connectivity index is 1.67. The second-order valence-electron chi connectivity index (χ2n) is 8.10. The molecule has 0 fully saturated rings. The van der Waals surface area contributed by atoms with Crippen molar-refractivity contribution in [1.82, 2.24) is 0 Å². The van der Waals surface area contributed by atoms with Crippen molar-refractivity contribution in [2.75, 3.05) is 0 Å². The van der Waals surface area contributed by atoms with Crippen LogP contribution in [0.2, 0.25) is 0 Å². The number of esters is 1. The molecule has 0 aliphatic heterocycles. The van der Waals surface area contributed by atoms with Crippen LogP contribution in [0.1, 0.15) is 42.3 Å². The molecule has 30 heavy (non-hydrogen) atoms. The van der Waals surface area contributed by atoms with E-state index < -0.39 is 5.60 Å². The Hall–Kier alpha value is -3.40. The molecule has 4 heteroatoms. The molecule has 154 valence electrons. The van der Waals surface area contributed by atoms with E-state index in [1.807, 2.05) is 87.5 Å². The first-order valence-corrected chi connectivity index (χ1v) is 9.91. The summed E-state index contributed by atoms with van der Waals surface area (Å²) in [7, 11) is 0. The van der Waals surface area contributed by atoms with Crippen LogP contribution < -0.4 is 4.74 Å². The van der Waals surface area contributed by atoms with Gasteiger partial charge in [0.25, 0.3) is 0 Å². The molecule has 3 rings (SSSR count). The number of aldehydes is 1. The topological polar surface area (TPSA) is 52.6 Å². The molecule has 0 heterocycles. The third kappa shape index (κ3) is 6.05. The minimum atomic E-state index is -0.500. The van der Waals surface area contributed by atoms with Crippen molar-refractivity contribution in [3.8, 4) is 16.9 Å². The fourth-order valence-electron chi connectivity index (χ4n) is 3.15. The molecule has 0 N–H and O–H groups in total. The molecule has 0 unspecified atom stereocenters. The summed E-state index contributed by atoms with van der Waals surface area (Å²) in [4.78, 5) is 23.6. The van der Waals surface area contributed by atoms with E-state index in [0.29, 0.717) is 17.9 Å². The number of carbonyl (C=O) groups excluding carboxylic acids is 2. The minimum Gasteiger partial charge on any atom is -0.489 e. The van der Waals surface area contributed by atoms with Gasteiger partial charge in [-0.1, -0.05) is 54.6 Å². The highest BCUT2D eigenvalue weighted by molar-refractivity contribution is 5.88. The van der Waals surface area contributed by atoms with Crippen molar-refractivity contribution in [2.45, 2.75) is 39.4 Å². The summed E-state index contributed by atoms with van der Waals surface area (Å²) in [5.41, 5.74) is 3.75. The summed E-state index contributed by atoms with van der Waals surface area (Å²) in [5, 5.41) is 0. The minimum absolute atomic E-state index is 0.214. The first-order chi connectivity index (χ1) is 14.3. The molecule has 0 aliphatic carbocycles. The van der Waals surface area contributed by atoms with Gasteiger partial charge in [-0.15, -0.1) is 0 Å². The maximum atomic E-state index is 12.1. The number of ether oxygens (including phenoxy) is 2. The quantitative estimate of drug-likeness (QED) is 0.380. The molecule has 3 aromatic carbocycles. The van der Waals surface area contributed by atoms with Gasteiger partial charge < -0.3 is 9.47 Å². The van der Waals surface area contributed by atoms with E-state index in [0.717, 1.165) is 28.5 Å². The van der Waals surface area contributed by atoms with Gasteiger partial charge in [0.05, 0.1) is 6.42 Å². The number of benzene rings is 3. The van der Waals surface area contributed by atoms with Gasteiger partial charge in [-0.05, 0) is 61.2 Å². The van der Waals surface area contributed by atoms with Crippen molar-refractivity contribution in [1.29, 1.82) is 0 Å². The summed E-state index contributed by atoms with van der Waals surface area (Å²) >= 11 is 0. The van der Waals surface area contributed by atoms with E-state index in [4.69, 9.17) is 9.47 Å². The second kappa shape index (κ2) is 9.40. The Morgan fingerprint density at radius 1 is 0.900 bits per heavy atom. The maximum Gasteiger partial charge on any atom is 0.310 e. The number of rotatable bonds is 7. The zero-order valence-electron chi connectivity index (χ0n) is 17.6. The molecule has 0 radical (unpaired) electrons. The van der Waals surface area contributed by atoms with Crippen molar-refractivity contribution in [3.63, 3.8) is 0 Å². The first-order valence-electron chi connectivity index (χ1n) is 9.91. The van der Waals surface area contributed by atoms with E-state index in [-0.39, 0.29) is 12.4 Å². The highest BCUT2D eigenvalue weighted by atomic mass is 16.6. The van der Waals surface area contributed by atoms with Crippen LogP contribution in [0.4, 0.5) is 0 Å². The molecule has 0 bridgehead atoms. The molecule has 0 spiro atoms. The lowest BCUT2D eigenvalue weighted by Gasteiger charge is -2.19. The smallest absolute Gasteiger partial charge is 0.310 e. The second-order valence-corrected chi connectivity index (χ2v) is 8.10. The normalized spacial score (nSPS) is 11.0. The molecule has 0 saturated carbocycles. The molecular formula is C26H26O4. The molecule has 3 aromatic rings. The van der Waals surface area contributed by atoms with Crippen molar-refractivity contribution < 1.29 is 19.1 Å². The van der Waals surface area contributed by atoms with Gasteiger partial charge in [0.1, 0.15) is 18.0 Å². The summed E-state index contributed by atoms with van der Waals surface area (Å²) in [5.74, 6) is 0.363. The molecule has 0 amide bonds. The van der Waals surface area contributed by atoms with Gasteiger partial charge in [-0.3, -0.25) is 9.59 Å². The van der Waals surface area contributed by atoms with E-state index in [2.05, 4.69) is 0 Å². The summed E-state index contributed by atoms with van der Waals surface area (Å²) in [6.07, 6.45) is 1.06. The monoisotopic (exact) mass is 402 g/mol. The van der Waals surface area contributed by atoms with Crippen LogP contribution >= 0.6 is 0 Å². The Bertz CT molecular complexity index is 1020. The van der Waals surface area contributed by atoms with Gasteiger partial charge in [-0.2, -0.15) is 0 Å². The molecule has 4 nitrogen and oxygen atoms in total. The molecule has 0 atom stereocenters. The predicted octanol–water partition coefficient (Wildman–Crippen LogP) is 5.63. The number of hydrogen-bond acceptors (Lipinski definition) is 4. The molecular weight excluding hydrogens is 376 g/mol. The fraction of sp³-hybridized carbons (Fsp3) is 0.231. The van der Waals surface area contributed by atoms with Gasteiger partial charge >= 0.3 is 5.97 Å². The van der Waals surface area contributed by atoms with Crippen LogP contribution in [0.15, 0.2) is 72.8 Å². The first kappa shape index (κ1) is 21.3. The van der Waals surface area contributed by atoms with Gasteiger partial charge in [0, 0.05) is 5.56 Å². The van der Waals surface area contributed by atoms with Crippen LogP contribution in [0, 0.1) is 0 Å². The number of carbonyl (C=O) groups is 2. The largest absolute Gasteiger partial charge is 0.489 e. The Kier molecular flexibility index (Phi) is 6.68. The number of hydrogen-bond donors (Lipinski definition) is 0. The summed E-state index contributed by atoms with van der Waals surface area (Å²) in [6.45, 7) is 5.90. The lowest BCUT2D eigenvalue weighted by Crippen LogP contribution is -2.24. The van der Waals surface area contributed by atoms with Crippen LogP contribution in [0.5, 0.6) is 5.75 Å². The Morgan fingerprint density at radius 2 is 1.63 bits per heavy atom. The van der Waals surface area contributed by atoms with Crippen molar-refractivity contribution in [3.05, 3.63) is 89.5 Å². The van der Waals surface area contributed by atoms with E-state index >= 15 is 0 Å². The van der Waals surface area contributed by atoms with E-state index in [1.54, 1.807) is 6.07 Å². The standard InChI is InChI=1S/C26H26O4/c1-26(2,3)30-25(28)15-19-8-7-9-20(14-19)18-29-23-12-13-24(22(16-23)17-27)21-10-5-4-6-11-21/h4-14,16-17H,15,18H2,1-3H3. The lowest BCUT2D eigenvalue weighted by atomic mass is 10.0. The average Bonchev–Trinajstić information content (AvgIpc) is 2.71. The van der Waals surface area contributed by atoms with Gasteiger partial charge in [0.2, 0.25) is 0 Å². The van der Waals surface area contributed by atoms with Gasteiger partial charge in [-0.25, -0.2) is 0 Å². The highest BCUT2D eigenvalue weighted by Crippen LogP contribution is 2.27. The molecule has 0 saturated heterocycles. The van der Waals surface area contributed by atoms with Crippen molar-refractivity contribution in [2.24, 2.45) is 0 Å². The fourth-order valence-corrected chi connectivity index (χ4v) is 3.15. The summed E-state index contributed by atoms with van der Waals surface area (Å²) < 4.78 is 11.3. The third-order valence-corrected chi connectivity index (χ3v) is 4.40. The molecule has 0 aliphatic rings. The van der Waals surface area contributed by atoms with Crippen LogP contribution in [-0.4, -0.2) is 17.9 Å². The van der Waals surface area contributed by atoms with Crippen LogP contribution in [-0.2, 0) is 22.6 Å². The SMILES string of the molecule is CC(C)(C)OC(=O)Cc1cccc(COc2ccc(-c3ccccc3)c(C=O)c2)c1. The van der Waals surface area contributed by atoms with Gasteiger partial charge in [0.15, 0.2) is 6.29 Å². The maximum absolute atomic E-state index is 12.1. The van der Waals surface area contributed by atoms with Crippen LogP contribution in [0.25, 0.3) is 11.1 Å².